The number of halogens is 1. The van der Waals surface area contributed by atoms with Gasteiger partial charge < -0.3 is 20.3 Å². The molecular weight excluding hydrogens is 403 g/mol. The summed E-state index contributed by atoms with van der Waals surface area (Å²) in [6.45, 7) is 10.9. The van der Waals surface area contributed by atoms with Crippen LogP contribution in [-0.2, 0) is 6.54 Å². The smallest absolute Gasteiger partial charge is 0.191 e. The number of hydrogen-bond acceptors (Lipinski definition) is 5. The largest absolute Gasteiger partial charge is 0.492 e. The monoisotopic (exact) mass is 432 g/mol. The Morgan fingerprint density at radius 2 is 1.96 bits per heavy atom. The van der Waals surface area contributed by atoms with Crippen molar-refractivity contribution in [1.82, 2.24) is 15.5 Å². The summed E-state index contributed by atoms with van der Waals surface area (Å²) in [5, 5.41) is 6.58. The number of likely N-dealkylation sites (N-methyl/N-ethyl adjacent to an activating group) is 1. The van der Waals surface area contributed by atoms with Crippen molar-refractivity contribution in [3.8, 4) is 5.75 Å². The third-order valence-corrected chi connectivity index (χ3v) is 3.85. The summed E-state index contributed by atoms with van der Waals surface area (Å²) in [5.41, 5.74) is 1.23. The molecule has 0 unspecified atom stereocenters. The van der Waals surface area contributed by atoms with Gasteiger partial charge in [-0.05, 0) is 37.2 Å². The lowest BCUT2D eigenvalue weighted by atomic mass is 10.2. The lowest BCUT2D eigenvalue weighted by Crippen LogP contribution is -2.40. The highest BCUT2D eigenvalue weighted by Crippen LogP contribution is 2.12. The summed E-state index contributed by atoms with van der Waals surface area (Å²) in [7, 11) is 0. The van der Waals surface area contributed by atoms with Crippen LogP contribution in [0.2, 0.25) is 0 Å². The number of hydrogen-bond donors (Lipinski definition) is 2. The molecule has 5 nitrogen and oxygen atoms in total. The minimum Gasteiger partial charge on any atom is -0.492 e. The normalized spacial score (nSPS) is 13.8. The van der Waals surface area contributed by atoms with E-state index >= 15 is 0 Å². The maximum absolute atomic E-state index is 5.79. The van der Waals surface area contributed by atoms with Crippen LogP contribution >= 0.6 is 24.0 Å². The molecule has 0 fully saturated rings. The van der Waals surface area contributed by atoms with E-state index in [4.69, 9.17) is 4.74 Å². The van der Waals surface area contributed by atoms with Crippen molar-refractivity contribution in [2.75, 3.05) is 39.3 Å². The molecule has 130 valence electrons. The van der Waals surface area contributed by atoms with Crippen molar-refractivity contribution in [3.05, 3.63) is 29.8 Å². The van der Waals surface area contributed by atoms with Gasteiger partial charge in [-0.25, -0.2) is 0 Å². The Hall–Kier alpha value is -1.02. The second kappa shape index (κ2) is 11.5. The highest BCUT2D eigenvalue weighted by molar-refractivity contribution is 14.0. The van der Waals surface area contributed by atoms with E-state index < -0.39 is 0 Å². The van der Waals surface area contributed by atoms with E-state index in [2.05, 4.69) is 46.5 Å². The van der Waals surface area contributed by atoms with Gasteiger partial charge in [0, 0.05) is 26.2 Å². The molecule has 0 amide bonds. The van der Waals surface area contributed by atoms with E-state index in [1.165, 1.54) is 5.56 Å². The first-order valence-electron chi connectivity index (χ1n) is 8.28. The molecule has 0 bridgehead atoms. The van der Waals surface area contributed by atoms with Crippen LogP contribution in [0.3, 0.4) is 0 Å². The van der Waals surface area contributed by atoms with Gasteiger partial charge in [0.1, 0.15) is 12.4 Å². The maximum atomic E-state index is 5.79. The van der Waals surface area contributed by atoms with E-state index in [-0.39, 0.29) is 24.0 Å². The van der Waals surface area contributed by atoms with Gasteiger partial charge in [-0.2, -0.15) is 0 Å². The van der Waals surface area contributed by atoms with Crippen LogP contribution in [0.1, 0.15) is 25.8 Å². The summed E-state index contributed by atoms with van der Waals surface area (Å²) < 4.78 is 5.79. The number of nitrogens with one attached hydrogen (secondary N) is 2. The number of rotatable bonds is 8. The SMILES string of the molecule is CCN(CC)CCOc1ccc(CNC2=NCCCN2)cc1.I. The lowest BCUT2D eigenvalue weighted by Gasteiger charge is -2.18. The fraction of sp³-hybridized carbons (Fsp3) is 0.588. The lowest BCUT2D eigenvalue weighted by molar-refractivity contribution is 0.223. The van der Waals surface area contributed by atoms with Gasteiger partial charge >= 0.3 is 0 Å². The van der Waals surface area contributed by atoms with Crippen molar-refractivity contribution >= 4 is 29.9 Å². The number of ether oxygens (including phenoxy) is 1. The van der Waals surface area contributed by atoms with Crippen LogP contribution in [-0.4, -0.2) is 50.2 Å². The van der Waals surface area contributed by atoms with Crippen LogP contribution in [0.15, 0.2) is 29.3 Å². The van der Waals surface area contributed by atoms with Gasteiger partial charge in [0.05, 0.1) is 0 Å². The van der Waals surface area contributed by atoms with Gasteiger partial charge in [-0.1, -0.05) is 26.0 Å². The highest BCUT2D eigenvalue weighted by atomic mass is 127. The predicted molar refractivity (Wildman–Crippen MR) is 107 cm³/mol. The molecule has 23 heavy (non-hydrogen) atoms. The minimum absolute atomic E-state index is 0. The predicted octanol–water partition coefficient (Wildman–Crippen LogP) is 2.46. The van der Waals surface area contributed by atoms with Gasteiger partial charge in [0.2, 0.25) is 0 Å². The van der Waals surface area contributed by atoms with Crippen LogP contribution < -0.4 is 15.4 Å². The summed E-state index contributed by atoms with van der Waals surface area (Å²) >= 11 is 0. The standard InChI is InChI=1S/C17H28N4O.HI/c1-3-21(4-2)12-13-22-16-8-6-15(7-9-16)14-20-17-18-10-5-11-19-17;/h6-9H,3-5,10-14H2,1-2H3,(H2,18,19,20);1H. The molecule has 0 aromatic heterocycles. The first kappa shape index (κ1) is 20.0. The molecule has 2 N–H and O–H groups in total. The van der Waals surface area contributed by atoms with Crippen molar-refractivity contribution < 1.29 is 4.74 Å². The molecule has 0 radical (unpaired) electrons. The van der Waals surface area contributed by atoms with E-state index in [1.807, 2.05) is 12.1 Å². The second-order valence-corrected chi connectivity index (χ2v) is 5.38. The summed E-state index contributed by atoms with van der Waals surface area (Å²) in [5.74, 6) is 1.84. The van der Waals surface area contributed by atoms with Gasteiger partial charge in [-0.15, -0.1) is 24.0 Å². The number of nitrogens with zero attached hydrogens (tertiary/aromatic N) is 2. The van der Waals surface area contributed by atoms with Crippen molar-refractivity contribution in [1.29, 1.82) is 0 Å². The van der Waals surface area contributed by atoms with E-state index in [0.29, 0.717) is 0 Å². The van der Waals surface area contributed by atoms with Crippen LogP contribution in [0.4, 0.5) is 0 Å². The molecule has 1 aromatic rings. The number of benzene rings is 1. The van der Waals surface area contributed by atoms with Crippen LogP contribution in [0, 0.1) is 0 Å². The molecule has 0 saturated heterocycles. The van der Waals surface area contributed by atoms with Crippen molar-refractivity contribution in [2.24, 2.45) is 4.99 Å². The van der Waals surface area contributed by atoms with Gasteiger partial charge in [0.25, 0.3) is 0 Å². The van der Waals surface area contributed by atoms with Crippen LogP contribution in [0.5, 0.6) is 5.75 Å². The maximum Gasteiger partial charge on any atom is 0.191 e. The third-order valence-electron chi connectivity index (χ3n) is 3.85. The van der Waals surface area contributed by atoms with E-state index in [1.54, 1.807) is 0 Å². The summed E-state index contributed by atoms with van der Waals surface area (Å²) in [6.07, 6.45) is 1.12. The molecule has 0 atom stereocenters. The average molecular weight is 432 g/mol. The van der Waals surface area contributed by atoms with Gasteiger partial charge in [-0.3, -0.25) is 4.99 Å². The molecular formula is C17H29IN4O. The highest BCUT2D eigenvalue weighted by Gasteiger charge is 2.03. The second-order valence-electron chi connectivity index (χ2n) is 5.38. The fourth-order valence-electron chi connectivity index (χ4n) is 2.37. The van der Waals surface area contributed by atoms with Crippen molar-refractivity contribution in [3.63, 3.8) is 0 Å². The molecule has 1 aromatic carbocycles. The Balaban J connectivity index is 0.00000264. The Bertz CT molecular complexity index is 460. The van der Waals surface area contributed by atoms with Gasteiger partial charge in [0.15, 0.2) is 5.96 Å². The quantitative estimate of drug-likeness (QED) is 0.620. The first-order valence-corrected chi connectivity index (χ1v) is 8.28. The Labute approximate surface area is 156 Å². The minimum atomic E-state index is 0. The Morgan fingerprint density at radius 3 is 2.57 bits per heavy atom. The molecule has 0 spiro atoms. The van der Waals surface area contributed by atoms with Crippen LogP contribution in [0.25, 0.3) is 0 Å². The zero-order chi connectivity index (χ0) is 15.6. The van der Waals surface area contributed by atoms with E-state index in [9.17, 15) is 0 Å². The Kier molecular flexibility index (Phi) is 10.0. The number of guanidine groups is 1. The average Bonchev–Trinajstić information content (AvgIpc) is 2.59. The number of aliphatic imine (C=N–C) groups is 1. The fourth-order valence-corrected chi connectivity index (χ4v) is 2.37. The Morgan fingerprint density at radius 1 is 1.22 bits per heavy atom. The molecule has 0 aliphatic carbocycles. The molecule has 2 rings (SSSR count). The summed E-state index contributed by atoms with van der Waals surface area (Å²) in [6, 6.07) is 8.27. The summed E-state index contributed by atoms with van der Waals surface area (Å²) in [4.78, 5) is 6.76. The zero-order valence-corrected chi connectivity index (χ0v) is 16.5. The third kappa shape index (κ3) is 7.39. The molecule has 1 aliphatic heterocycles. The molecule has 1 aliphatic rings. The zero-order valence-electron chi connectivity index (χ0n) is 14.2. The van der Waals surface area contributed by atoms with E-state index in [0.717, 1.165) is 64.0 Å². The molecule has 1 heterocycles. The van der Waals surface area contributed by atoms with Crippen molar-refractivity contribution in [2.45, 2.75) is 26.8 Å². The first-order chi connectivity index (χ1) is 10.8. The topological polar surface area (TPSA) is 48.9 Å². The molecule has 0 saturated carbocycles. The molecule has 6 heteroatoms.